The number of unbranched alkanes of at least 4 members (excludes halogenated alkanes) is 1. The van der Waals surface area contributed by atoms with E-state index in [-0.39, 0.29) is 0 Å². The van der Waals surface area contributed by atoms with Crippen LogP contribution in [0.1, 0.15) is 25.7 Å². The fourth-order valence-corrected chi connectivity index (χ4v) is 4.00. The van der Waals surface area contributed by atoms with E-state index in [1.807, 2.05) is 0 Å². The van der Waals surface area contributed by atoms with Gasteiger partial charge in [-0.1, -0.05) is 6.07 Å². The van der Waals surface area contributed by atoms with Crippen molar-refractivity contribution in [2.75, 3.05) is 39.3 Å². The standard InChI is InChI=1S/C14H28N4O2S2/c15-7-4-10-16-8-1-2-9-17-11-5-12-18-22(19,20)14-6-3-13-21-14/h3,6,13,16-18H,1-2,4-5,7-12,15H2. The summed E-state index contributed by atoms with van der Waals surface area (Å²) in [5.74, 6) is 0. The van der Waals surface area contributed by atoms with E-state index >= 15 is 0 Å². The monoisotopic (exact) mass is 348 g/mol. The van der Waals surface area contributed by atoms with Crippen molar-refractivity contribution in [3.8, 4) is 0 Å². The molecule has 128 valence electrons. The smallest absolute Gasteiger partial charge is 0.250 e. The quantitative estimate of drug-likeness (QED) is 0.372. The molecule has 1 aromatic rings. The van der Waals surface area contributed by atoms with Crippen LogP contribution < -0.4 is 21.1 Å². The zero-order valence-corrected chi connectivity index (χ0v) is 14.6. The van der Waals surface area contributed by atoms with Gasteiger partial charge in [-0.05, 0) is 69.9 Å². The minimum absolute atomic E-state index is 0.377. The number of nitrogens with two attached hydrogens (primary N) is 1. The van der Waals surface area contributed by atoms with Crippen LogP contribution in [0, 0.1) is 0 Å². The SMILES string of the molecule is NCCCNCCCCNCCCNS(=O)(=O)c1cccs1. The van der Waals surface area contributed by atoms with Gasteiger partial charge in [0.15, 0.2) is 0 Å². The van der Waals surface area contributed by atoms with Crippen molar-refractivity contribution in [1.82, 2.24) is 15.4 Å². The molecular weight excluding hydrogens is 320 g/mol. The summed E-state index contributed by atoms with van der Waals surface area (Å²) in [4.78, 5) is 0. The number of hydrogen-bond acceptors (Lipinski definition) is 6. The molecule has 5 N–H and O–H groups in total. The molecule has 0 saturated carbocycles. The first-order valence-electron chi connectivity index (χ1n) is 7.81. The fraction of sp³-hybridized carbons (Fsp3) is 0.714. The van der Waals surface area contributed by atoms with Gasteiger partial charge in [-0.15, -0.1) is 11.3 Å². The van der Waals surface area contributed by atoms with Gasteiger partial charge in [0.2, 0.25) is 10.0 Å². The van der Waals surface area contributed by atoms with Crippen molar-refractivity contribution >= 4 is 21.4 Å². The zero-order chi connectivity index (χ0) is 16.1. The summed E-state index contributed by atoms with van der Waals surface area (Å²) in [6, 6.07) is 3.36. The third kappa shape index (κ3) is 8.82. The van der Waals surface area contributed by atoms with Crippen LogP contribution in [0.15, 0.2) is 21.7 Å². The molecule has 0 aliphatic rings. The first-order valence-corrected chi connectivity index (χ1v) is 10.2. The topological polar surface area (TPSA) is 96.2 Å². The molecule has 0 spiro atoms. The van der Waals surface area contributed by atoms with Crippen LogP contribution >= 0.6 is 11.3 Å². The minimum Gasteiger partial charge on any atom is -0.330 e. The van der Waals surface area contributed by atoms with E-state index in [1.165, 1.54) is 11.3 Å². The first-order chi connectivity index (χ1) is 10.7. The molecule has 1 aromatic heterocycles. The van der Waals surface area contributed by atoms with Gasteiger partial charge in [-0.3, -0.25) is 0 Å². The Bertz CT molecular complexity index is 463. The van der Waals surface area contributed by atoms with E-state index in [0.29, 0.717) is 10.8 Å². The van der Waals surface area contributed by atoms with Crippen LogP contribution in [-0.4, -0.2) is 47.7 Å². The summed E-state index contributed by atoms with van der Waals surface area (Å²) in [6.45, 7) is 5.03. The highest BCUT2D eigenvalue weighted by molar-refractivity contribution is 7.91. The summed E-state index contributed by atoms with van der Waals surface area (Å²) in [7, 11) is -3.31. The molecule has 0 radical (unpaired) electrons. The molecule has 6 nitrogen and oxygen atoms in total. The van der Waals surface area contributed by atoms with E-state index in [1.54, 1.807) is 17.5 Å². The predicted octanol–water partition coefficient (Wildman–Crippen LogP) is 0.725. The lowest BCUT2D eigenvalue weighted by molar-refractivity contribution is 0.559. The number of hydrogen-bond donors (Lipinski definition) is 4. The molecule has 8 heteroatoms. The van der Waals surface area contributed by atoms with Crippen molar-refractivity contribution in [2.24, 2.45) is 5.73 Å². The molecule has 0 aromatic carbocycles. The van der Waals surface area contributed by atoms with Crippen LogP contribution in [0.25, 0.3) is 0 Å². The van der Waals surface area contributed by atoms with Crippen LogP contribution in [0.2, 0.25) is 0 Å². The minimum atomic E-state index is -3.31. The van der Waals surface area contributed by atoms with Crippen LogP contribution in [0.4, 0.5) is 0 Å². The largest absolute Gasteiger partial charge is 0.330 e. The molecule has 0 bridgehead atoms. The van der Waals surface area contributed by atoms with E-state index < -0.39 is 10.0 Å². The Hall–Kier alpha value is -0.510. The van der Waals surface area contributed by atoms with Gasteiger partial charge >= 0.3 is 0 Å². The number of rotatable bonds is 14. The first kappa shape index (κ1) is 19.5. The van der Waals surface area contributed by atoms with Gasteiger partial charge in [0.05, 0.1) is 0 Å². The fourth-order valence-electron chi connectivity index (χ4n) is 1.88. The maximum absolute atomic E-state index is 11.8. The van der Waals surface area contributed by atoms with Crippen LogP contribution in [0.5, 0.6) is 0 Å². The van der Waals surface area contributed by atoms with Gasteiger partial charge < -0.3 is 16.4 Å². The zero-order valence-electron chi connectivity index (χ0n) is 13.0. The van der Waals surface area contributed by atoms with Gasteiger partial charge in [0.25, 0.3) is 0 Å². The summed E-state index contributed by atoms with van der Waals surface area (Å²) in [6.07, 6.45) is 4.08. The summed E-state index contributed by atoms with van der Waals surface area (Å²) in [5, 5.41) is 8.44. The molecule has 0 unspecified atom stereocenters. The Morgan fingerprint density at radius 3 is 2.18 bits per heavy atom. The van der Waals surface area contributed by atoms with Crippen molar-refractivity contribution in [3.05, 3.63) is 17.5 Å². The second kappa shape index (κ2) is 12.0. The highest BCUT2D eigenvalue weighted by atomic mass is 32.2. The Kier molecular flexibility index (Phi) is 10.6. The number of nitrogens with one attached hydrogen (secondary N) is 3. The van der Waals surface area contributed by atoms with E-state index in [0.717, 1.165) is 58.4 Å². The normalized spacial score (nSPS) is 11.9. The van der Waals surface area contributed by atoms with Crippen LogP contribution in [0.3, 0.4) is 0 Å². The highest BCUT2D eigenvalue weighted by Crippen LogP contribution is 2.14. The molecule has 0 fully saturated rings. The molecule has 22 heavy (non-hydrogen) atoms. The molecule has 1 rings (SSSR count). The Morgan fingerprint density at radius 1 is 0.955 bits per heavy atom. The number of sulfonamides is 1. The Balaban J connectivity index is 1.90. The lowest BCUT2D eigenvalue weighted by atomic mass is 10.3. The third-order valence-electron chi connectivity index (χ3n) is 3.10. The van der Waals surface area contributed by atoms with Gasteiger partial charge in [-0.25, -0.2) is 13.1 Å². The molecule has 0 atom stereocenters. The van der Waals surface area contributed by atoms with Gasteiger partial charge in [-0.2, -0.15) is 0 Å². The van der Waals surface area contributed by atoms with Gasteiger partial charge in [0.1, 0.15) is 4.21 Å². The molecule has 0 aliphatic carbocycles. The van der Waals surface area contributed by atoms with Gasteiger partial charge in [0, 0.05) is 6.54 Å². The molecule has 0 aliphatic heterocycles. The van der Waals surface area contributed by atoms with Crippen LogP contribution in [-0.2, 0) is 10.0 Å². The Labute approximate surface area is 137 Å². The van der Waals surface area contributed by atoms with Crippen molar-refractivity contribution in [2.45, 2.75) is 29.9 Å². The second-order valence-corrected chi connectivity index (χ2v) is 7.97. The average molecular weight is 349 g/mol. The lowest BCUT2D eigenvalue weighted by Crippen LogP contribution is -2.27. The van der Waals surface area contributed by atoms with Crippen molar-refractivity contribution in [3.63, 3.8) is 0 Å². The van der Waals surface area contributed by atoms with E-state index in [4.69, 9.17) is 5.73 Å². The maximum atomic E-state index is 11.8. The lowest BCUT2D eigenvalue weighted by Gasteiger charge is -2.07. The molecule has 1 heterocycles. The van der Waals surface area contributed by atoms with E-state index in [2.05, 4.69) is 15.4 Å². The Morgan fingerprint density at radius 2 is 1.59 bits per heavy atom. The summed E-state index contributed by atoms with van der Waals surface area (Å²) < 4.78 is 26.7. The molecule has 0 amide bonds. The maximum Gasteiger partial charge on any atom is 0.250 e. The van der Waals surface area contributed by atoms with Crippen molar-refractivity contribution in [1.29, 1.82) is 0 Å². The second-order valence-electron chi connectivity index (χ2n) is 5.03. The predicted molar refractivity (Wildman–Crippen MR) is 92.8 cm³/mol. The summed E-state index contributed by atoms with van der Waals surface area (Å²) >= 11 is 1.24. The third-order valence-corrected chi connectivity index (χ3v) is 5.96. The molecule has 0 saturated heterocycles. The summed E-state index contributed by atoms with van der Waals surface area (Å²) in [5.41, 5.74) is 5.41. The highest BCUT2D eigenvalue weighted by Gasteiger charge is 2.13. The average Bonchev–Trinajstić information content (AvgIpc) is 3.03. The number of thiophene rings is 1. The van der Waals surface area contributed by atoms with E-state index in [9.17, 15) is 8.42 Å². The molecular formula is C14H28N4O2S2. The van der Waals surface area contributed by atoms with Crippen molar-refractivity contribution < 1.29 is 8.42 Å².